The number of rotatable bonds is 3. The number of carbonyl (C=O) groups is 2. The first-order valence-electron chi connectivity index (χ1n) is 7.98. The van der Waals surface area contributed by atoms with Crippen LogP contribution < -0.4 is 10.2 Å². The first-order chi connectivity index (χ1) is 11.8. The lowest BCUT2D eigenvalue weighted by Crippen LogP contribution is -2.28. The molecule has 1 heterocycles. The molecule has 0 aliphatic carbocycles. The number of carbonyl (C=O) groups excluding carboxylic acids is 2. The van der Waals surface area contributed by atoms with Gasteiger partial charge in [0.15, 0.2) is 0 Å². The Labute approximate surface area is 156 Å². The highest BCUT2D eigenvalue weighted by molar-refractivity contribution is 6.34. The molecule has 3 rings (SSSR count). The summed E-state index contributed by atoms with van der Waals surface area (Å²) >= 11 is 12.1. The van der Waals surface area contributed by atoms with Crippen LogP contribution in [0.3, 0.4) is 0 Å². The summed E-state index contributed by atoms with van der Waals surface area (Å²) in [6.45, 7) is 4.19. The van der Waals surface area contributed by atoms with E-state index in [9.17, 15) is 9.59 Å². The Balaban J connectivity index is 1.74. The molecule has 4 nitrogen and oxygen atoms in total. The predicted molar refractivity (Wildman–Crippen MR) is 101 cm³/mol. The Morgan fingerprint density at radius 3 is 2.48 bits per heavy atom. The van der Waals surface area contributed by atoms with E-state index < -0.39 is 5.92 Å². The molecular formula is C19H18Cl2N2O2. The van der Waals surface area contributed by atoms with Crippen molar-refractivity contribution in [1.29, 1.82) is 0 Å². The fourth-order valence-corrected chi connectivity index (χ4v) is 3.55. The third-order valence-electron chi connectivity index (χ3n) is 4.31. The van der Waals surface area contributed by atoms with Crippen LogP contribution in [0.25, 0.3) is 0 Å². The third-order valence-corrected chi connectivity index (χ3v) is 4.86. The van der Waals surface area contributed by atoms with Crippen LogP contribution in [0.1, 0.15) is 17.5 Å². The highest BCUT2D eigenvalue weighted by Gasteiger charge is 2.35. The zero-order valence-electron chi connectivity index (χ0n) is 14.0. The lowest BCUT2D eigenvalue weighted by atomic mass is 10.1. The third kappa shape index (κ3) is 3.80. The average Bonchev–Trinajstić information content (AvgIpc) is 2.93. The maximum atomic E-state index is 12.6. The first kappa shape index (κ1) is 17.8. The van der Waals surface area contributed by atoms with Crippen LogP contribution in [-0.4, -0.2) is 18.4 Å². The predicted octanol–water partition coefficient (Wildman–Crippen LogP) is 4.60. The molecule has 1 fully saturated rings. The zero-order valence-corrected chi connectivity index (χ0v) is 15.5. The summed E-state index contributed by atoms with van der Waals surface area (Å²) in [5.74, 6) is -0.687. The van der Waals surface area contributed by atoms with Crippen molar-refractivity contribution in [3.8, 4) is 0 Å². The van der Waals surface area contributed by atoms with Crippen molar-refractivity contribution < 1.29 is 9.59 Å². The minimum absolute atomic E-state index is 0.0748. The fraction of sp³-hybridized carbons (Fsp3) is 0.263. The molecule has 6 heteroatoms. The van der Waals surface area contributed by atoms with E-state index in [1.54, 1.807) is 29.2 Å². The highest BCUT2D eigenvalue weighted by atomic mass is 35.5. The normalized spacial score (nSPS) is 17.0. The van der Waals surface area contributed by atoms with Crippen LogP contribution in [0.5, 0.6) is 0 Å². The van der Waals surface area contributed by atoms with Crippen molar-refractivity contribution in [2.24, 2.45) is 5.92 Å². The van der Waals surface area contributed by atoms with Crippen LogP contribution in [0, 0.1) is 19.8 Å². The van der Waals surface area contributed by atoms with Crippen molar-refractivity contribution in [3.05, 3.63) is 57.6 Å². The molecule has 2 aromatic rings. The molecule has 0 aromatic heterocycles. The van der Waals surface area contributed by atoms with Gasteiger partial charge in [0, 0.05) is 23.7 Å². The minimum atomic E-state index is -0.417. The van der Waals surface area contributed by atoms with Crippen molar-refractivity contribution in [1.82, 2.24) is 0 Å². The minimum Gasteiger partial charge on any atom is -0.324 e. The van der Waals surface area contributed by atoms with Crippen molar-refractivity contribution in [3.63, 3.8) is 0 Å². The van der Waals surface area contributed by atoms with Gasteiger partial charge in [-0.15, -0.1) is 0 Å². The second kappa shape index (κ2) is 7.06. The Morgan fingerprint density at radius 1 is 1.16 bits per heavy atom. The second-order valence-electron chi connectivity index (χ2n) is 6.31. The molecule has 1 atom stereocenters. The summed E-state index contributed by atoms with van der Waals surface area (Å²) in [6.07, 6.45) is 0.178. The van der Waals surface area contributed by atoms with Crippen molar-refractivity contribution >= 4 is 46.4 Å². The van der Waals surface area contributed by atoms with Gasteiger partial charge in [0.1, 0.15) is 0 Å². The lowest BCUT2D eigenvalue weighted by molar-refractivity contribution is -0.122. The topological polar surface area (TPSA) is 49.4 Å². The second-order valence-corrected chi connectivity index (χ2v) is 7.15. The van der Waals surface area contributed by atoms with E-state index in [2.05, 4.69) is 5.32 Å². The molecule has 1 saturated heterocycles. The number of nitrogens with zero attached hydrogens (tertiary/aromatic N) is 1. The van der Waals surface area contributed by atoms with Gasteiger partial charge in [-0.05, 0) is 55.3 Å². The van der Waals surface area contributed by atoms with Gasteiger partial charge in [0.25, 0.3) is 0 Å². The Bertz CT molecular complexity index is 811. The SMILES string of the molecule is Cc1cc(C)c(NC(=O)C2CC(=O)N(c3ccc(Cl)cc3)C2)c(Cl)c1. The molecule has 130 valence electrons. The summed E-state index contributed by atoms with van der Waals surface area (Å²) in [7, 11) is 0. The molecular weight excluding hydrogens is 359 g/mol. The van der Waals surface area contributed by atoms with E-state index in [4.69, 9.17) is 23.2 Å². The molecule has 1 aliphatic heterocycles. The summed E-state index contributed by atoms with van der Waals surface area (Å²) in [5.41, 5.74) is 3.28. The highest BCUT2D eigenvalue weighted by Crippen LogP contribution is 2.30. The summed E-state index contributed by atoms with van der Waals surface area (Å²) in [4.78, 5) is 26.5. The van der Waals surface area contributed by atoms with Gasteiger partial charge in [-0.3, -0.25) is 9.59 Å². The van der Waals surface area contributed by atoms with E-state index in [0.29, 0.717) is 22.3 Å². The number of amides is 2. The van der Waals surface area contributed by atoms with Gasteiger partial charge >= 0.3 is 0 Å². The van der Waals surface area contributed by atoms with Crippen LogP contribution >= 0.6 is 23.2 Å². The van der Waals surface area contributed by atoms with E-state index in [0.717, 1.165) is 16.8 Å². The number of anilines is 2. The molecule has 25 heavy (non-hydrogen) atoms. The number of hydrogen-bond acceptors (Lipinski definition) is 2. The maximum Gasteiger partial charge on any atom is 0.229 e. The molecule has 1 unspecified atom stereocenters. The summed E-state index contributed by atoms with van der Waals surface area (Å²) in [6, 6.07) is 10.8. The molecule has 0 bridgehead atoms. The van der Waals surface area contributed by atoms with Gasteiger partial charge in [0.05, 0.1) is 16.6 Å². The standard InChI is InChI=1S/C19H18Cl2N2O2/c1-11-7-12(2)18(16(21)8-11)22-19(25)13-9-17(24)23(10-13)15-5-3-14(20)4-6-15/h3-8,13H,9-10H2,1-2H3,(H,22,25). The fourth-order valence-electron chi connectivity index (χ4n) is 3.05. The van der Waals surface area contributed by atoms with Gasteiger partial charge in [-0.25, -0.2) is 0 Å². The van der Waals surface area contributed by atoms with E-state index in [1.807, 2.05) is 26.0 Å². The molecule has 2 aromatic carbocycles. The van der Waals surface area contributed by atoms with Crippen LogP contribution in [-0.2, 0) is 9.59 Å². The Hall–Kier alpha value is -2.04. The zero-order chi connectivity index (χ0) is 18.1. The van der Waals surface area contributed by atoms with Gasteiger partial charge in [-0.2, -0.15) is 0 Å². The van der Waals surface area contributed by atoms with Crippen molar-refractivity contribution in [2.45, 2.75) is 20.3 Å². The maximum absolute atomic E-state index is 12.6. The molecule has 1 N–H and O–H groups in total. The van der Waals surface area contributed by atoms with Crippen molar-refractivity contribution in [2.75, 3.05) is 16.8 Å². The van der Waals surface area contributed by atoms with Gasteiger partial charge < -0.3 is 10.2 Å². The largest absolute Gasteiger partial charge is 0.324 e. The van der Waals surface area contributed by atoms with Gasteiger partial charge in [-0.1, -0.05) is 29.3 Å². The van der Waals surface area contributed by atoms with E-state index in [1.165, 1.54) is 0 Å². The monoisotopic (exact) mass is 376 g/mol. The van der Waals surface area contributed by atoms with E-state index >= 15 is 0 Å². The molecule has 0 saturated carbocycles. The number of aryl methyl sites for hydroxylation is 2. The summed E-state index contributed by atoms with van der Waals surface area (Å²) in [5, 5.41) is 3.99. The molecule has 1 aliphatic rings. The summed E-state index contributed by atoms with van der Waals surface area (Å²) < 4.78 is 0. The Morgan fingerprint density at radius 2 is 1.84 bits per heavy atom. The molecule has 0 radical (unpaired) electrons. The quantitative estimate of drug-likeness (QED) is 0.850. The number of benzene rings is 2. The van der Waals surface area contributed by atoms with Crippen LogP contribution in [0.15, 0.2) is 36.4 Å². The molecule has 2 amide bonds. The average molecular weight is 377 g/mol. The van der Waals surface area contributed by atoms with Crippen LogP contribution in [0.4, 0.5) is 11.4 Å². The first-order valence-corrected chi connectivity index (χ1v) is 8.74. The number of hydrogen-bond donors (Lipinski definition) is 1. The number of halogens is 2. The Kier molecular flexibility index (Phi) is 5.02. The lowest BCUT2D eigenvalue weighted by Gasteiger charge is -2.17. The smallest absolute Gasteiger partial charge is 0.229 e. The molecule has 0 spiro atoms. The van der Waals surface area contributed by atoms with Crippen LogP contribution in [0.2, 0.25) is 10.0 Å². The van der Waals surface area contributed by atoms with E-state index in [-0.39, 0.29) is 18.2 Å². The number of nitrogens with one attached hydrogen (secondary N) is 1. The van der Waals surface area contributed by atoms with Gasteiger partial charge in [0.2, 0.25) is 11.8 Å².